The zero-order valence-electron chi connectivity index (χ0n) is 14.9. The van der Waals surface area contributed by atoms with Gasteiger partial charge in [0.2, 0.25) is 3.61 Å². The molecule has 0 saturated heterocycles. The monoisotopic (exact) mass is 677 g/mol. The van der Waals surface area contributed by atoms with Gasteiger partial charge in [0, 0.05) is 19.9 Å². The molecule has 2 N–H and O–H groups in total. The van der Waals surface area contributed by atoms with E-state index in [2.05, 4.69) is 5.32 Å². The number of nitrogens with one attached hydrogen (secondary N) is 1. The Hall–Kier alpha value is -0.890. The smallest absolute Gasteiger partial charge is 0.416 e. The molecule has 3 nitrogen and oxygen atoms in total. The summed E-state index contributed by atoms with van der Waals surface area (Å²) in [4.78, 5) is 0.265. The average molecular weight is 678 g/mol. The van der Waals surface area contributed by atoms with Crippen molar-refractivity contribution in [2.45, 2.75) is 15.9 Å². The largest absolute Gasteiger partial charge is 0.470 e. The van der Waals surface area contributed by atoms with Gasteiger partial charge in [0.05, 0.1) is 5.56 Å². The Morgan fingerprint density at radius 1 is 1.20 bits per heavy atom. The van der Waals surface area contributed by atoms with E-state index >= 15 is 0 Å². The molecule has 0 spiro atoms. The van der Waals surface area contributed by atoms with Crippen molar-refractivity contribution in [1.29, 1.82) is 0 Å². The lowest BCUT2D eigenvalue weighted by Crippen LogP contribution is -2.45. The molecule has 0 heterocycles. The second-order valence-corrected chi connectivity index (χ2v) is 10.1. The number of aliphatic hydroxyl groups excluding tert-OH is 1. The Morgan fingerprint density at radius 2 is 1.87 bits per heavy atom. The van der Waals surface area contributed by atoms with E-state index in [-0.39, 0.29) is 10.7 Å². The minimum atomic E-state index is -4.50. The van der Waals surface area contributed by atoms with Gasteiger partial charge in [0.15, 0.2) is 0 Å². The van der Waals surface area contributed by atoms with E-state index in [1.165, 1.54) is 12.1 Å². The van der Waals surface area contributed by atoms with Crippen LogP contribution in [0.5, 0.6) is 5.75 Å². The van der Waals surface area contributed by atoms with Gasteiger partial charge in [0.1, 0.15) is 16.8 Å². The molecule has 3 rings (SSSR count). The van der Waals surface area contributed by atoms with Crippen LogP contribution in [0.25, 0.3) is 0 Å². The normalized spacial score (nSPS) is 21.5. The maximum Gasteiger partial charge on any atom is 0.416 e. The Balaban J connectivity index is 1.84. The first-order valence-corrected chi connectivity index (χ1v) is 11.3. The zero-order chi connectivity index (χ0) is 22.1. The Bertz CT molecular complexity index is 1030. The molecule has 1 aliphatic carbocycles. The van der Waals surface area contributed by atoms with Crippen molar-refractivity contribution in [2.24, 2.45) is 0 Å². The van der Waals surface area contributed by atoms with Crippen LogP contribution in [0.2, 0.25) is 5.02 Å². The molecule has 158 valence electrons. The van der Waals surface area contributed by atoms with Crippen molar-refractivity contribution in [3.8, 4) is 5.75 Å². The molecule has 0 fully saturated rings. The molecule has 30 heavy (non-hydrogen) atoms. The van der Waals surface area contributed by atoms with E-state index < -0.39 is 21.5 Å². The summed E-state index contributed by atoms with van der Waals surface area (Å²) in [6.07, 6.45) is -2.39. The molecule has 1 aliphatic rings. The van der Waals surface area contributed by atoms with Crippen molar-refractivity contribution < 1.29 is 23.0 Å². The Labute approximate surface area is 208 Å². The highest BCUT2D eigenvalue weighted by Gasteiger charge is 2.42. The van der Waals surface area contributed by atoms with Crippen molar-refractivity contribution in [2.75, 3.05) is 5.32 Å². The van der Waals surface area contributed by atoms with E-state index in [0.717, 1.165) is 15.7 Å². The number of benzene rings is 2. The topological polar surface area (TPSA) is 41.5 Å². The number of halogens is 6. The lowest BCUT2D eigenvalue weighted by molar-refractivity contribution is -0.137. The van der Waals surface area contributed by atoms with Crippen molar-refractivity contribution >= 4 is 79.7 Å². The molecule has 2 aromatic rings. The number of rotatable bonds is 4. The van der Waals surface area contributed by atoms with E-state index in [9.17, 15) is 18.3 Å². The van der Waals surface area contributed by atoms with Crippen LogP contribution in [0.3, 0.4) is 0 Å². The quantitative estimate of drug-likeness (QED) is 0.210. The van der Waals surface area contributed by atoms with Crippen LogP contribution >= 0.6 is 69.0 Å². The van der Waals surface area contributed by atoms with Crippen LogP contribution in [-0.4, -0.2) is 19.8 Å². The summed E-state index contributed by atoms with van der Waals surface area (Å²) in [6.45, 7) is 0. The van der Waals surface area contributed by atoms with Gasteiger partial charge in [-0.1, -0.05) is 29.9 Å². The summed E-state index contributed by atoms with van der Waals surface area (Å²) in [6, 6.07) is 11.4. The zero-order valence-corrected chi connectivity index (χ0v) is 20.8. The molecular weight excluding hydrogens is 665 g/mol. The first-order chi connectivity index (χ1) is 14.0. The highest BCUT2D eigenvalue weighted by molar-refractivity contribution is 14.1. The predicted octanol–water partition coefficient (Wildman–Crippen LogP) is 6.93. The second-order valence-electron chi connectivity index (χ2n) is 6.32. The SMILES string of the molecule is OC1C(C(=S)Nc2ccc(Cl)cc2)=CC(I)=CC1(I)Oc1cccc(C(F)(F)F)c1. The van der Waals surface area contributed by atoms with Gasteiger partial charge in [-0.3, -0.25) is 0 Å². The van der Waals surface area contributed by atoms with Crippen molar-refractivity contribution in [3.05, 3.63) is 80.4 Å². The lowest BCUT2D eigenvalue weighted by Gasteiger charge is -2.35. The highest BCUT2D eigenvalue weighted by Crippen LogP contribution is 2.40. The summed E-state index contributed by atoms with van der Waals surface area (Å²) in [5.41, 5.74) is 0.229. The number of thiocarbonyl (C=S) groups is 1. The molecule has 0 aromatic heterocycles. The number of anilines is 1. The van der Waals surface area contributed by atoms with Crippen LogP contribution in [-0.2, 0) is 6.18 Å². The average Bonchev–Trinajstić information content (AvgIpc) is 2.66. The van der Waals surface area contributed by atoms with Gasteiger partial charge >= 0.3 is 6.18 Å². The Morgan fingerprint density at radius 3 is 2.50 bits per heavy atom. The fraction of sp³-hybridized carbons (Fsp3) is 0.150. The second kappa shape index (κ2) is 9.31. The molecule has 0 saturated carbocycles. The third kappa shape index (κ3) is 5.67. The maximum absolute atomic E-state index is 13.0. The van der Waals surface area contributed by atoms with Crippen LogP contribution in [0.4, 0.5) is 18.9 Å². The van der Waals surface area contributed by atoms with Gasteiger partial charge < -0.3 is 15.2 Å². The fourth-order valence-corrected chi connectivity index (χ4v) is 5.41. The standard InChI is InChI=1S/C20H13ClF3I2NO2S/c21-12-4-6-14(7-5-12)27-18(30)16-9-13(25)10-19(26,17(16)28)29-15-3-1-2-11(8-15)20(22,23)24/h1-10,17,28H,(H,27,30). The fourth-order valence-electron chi connectivity index (χ4n) is 2.68. The van der Waals surface area contributed by atoms with Gasteiger partial charge in [0.25, 0.3) is 0 Å². The number of allylic oxidation sites excluding steroid dienone is 2. The van der Waals surface area contributed by atoms with Crippen LogP contribution in [0.15, 0.2) is 69.8 Å². The summed E-state index contributed by atoms with van der Waals surface area (Å²) >= 11 is 15.2. The summed E-state index contributed by atoms with van der Waals surface area (Å²) in [5, 5.41) is 14.6. The van der Waals surface area contributed by atoms with Crippen LogP contribution in [0, 0.1) is 0 Å². The third-order valence-corrected chi connectivity index (χ3v) is 6.43. The molecular formula is C20H13ClF3I2NO2S. The molecule has 0 aliphatic heterocycles. The van der Waals surface area contributed by atoms with Crippen LogP contribution in [0.1, 0.15) is 5.56 Å². The van der Waals surface area contributed by atoms with E-state index in [4.69, 9.17) is 28.6 Å². The molecule has 0 radical (unpaired) electrons. The first kappa shape index (κ1) is 23.8. The van der Waals surface area contributed by atoms with E-state index in [1.807, 2.05) is 45.2 Å². The summed E-state index contributed by atoms with van der Waals surface area (Å²) in [5.74, 6) is -0.0171. The molecule has 2 aromatic carbocycles. The Kier molecular flexibility index (Phi) is 7.37. The van der Waals surface area contributed by atoms with Crippen molar-refractivity contribution in [1.82, 2.24) is 0 Å². The highest BCUT2D eigenvalue weighted by atomic mass is 127. The van der Waals surface area contributed by atoms with Crippen molar-refractivity contribution in [3.63, 3.8) is 0 Å². The first-order valence-electron chi connectivity index (χ1n) is 8.38. The minimum absolute atomic E-state index is 0.0171. The predicted molar refractivity (Wildman–Crippen MR) is 133 cm³/mol. The molecule has 10 heteroatoms. The van der Waals surface area contributed by atoms with Gasteiger partial charge in [-0.2, -0.15) is 13.2 Å². The minimum Gasteiger partial charge on any atom is -0.470 e. The van der Waals surface area contributed by atoms with E-state index in [0.29, 0.717) is 16.3 Å². The maximum atomic E-state index is 13.0. The van der Waals surface area contributed by atoms with Gasteiger partial charge in [-0.05, 0) is 99.8 Å². The lowest BCUT2D eigenvalue weighted by atomic mass is 9.98. The number of ether oxygens (including phenoxy) is 1. The molecule has 2 atom stereocenters. The van der Waals surface area contributed by atoms with E-state index in [1.54, 1.807) is 36.4 Å². The number of aliphatic hydroxyl groups is 1. The molecule has 2 unspecified atom stereocenters. The molecule has 0 amide bonds. The number of alkyl halides is 4. The van der Waals surface area contributed by atoms with Gasteiger partial charge in [-0.25, -0.2) is 0 Å². The summed E-state index contributed by atoms with van der Waals surface area (Å²) < 4.78 is 44.2. The van der Waals surface area contributed by atoms with Crippen LogP contribution < -0.4 is 10.1 Å². The third-order valence-electron chi connectivity index (χ3n) is 4.10. The number of hydrogen-bond donors (Lipinski definition) is 2. The van der Waals surface area contributed by atoms with Gasteiger partial charge in [-0.15, -0.1) is 0 Å². The number of hydrogen-bond acceptors (Lipinski definition) is 3. The molecule has 0 bridgehead atoms. The summed E-state index contributed by atoms with van der Waals surface area (Å²) in [7, 11) is 0.